The van der Waals surface area contributed by atoms with Gasteiger partial charge in [0.25, 0.3) is 0 Å². The van der Waals surface area contributed by atoms with Crippen LogP contribution in [0.15, 0.2) is 24.3 Å². The first-order chi connectivity index (χ1) is 9.81. The highest BCUT2D eigenvalue weighted by Gasteiger charge is 2.25. The Bertz CT molecular complexity index is 409. The van der Waals surface area contributed by atoms with Gasteiger partial charge < -0.3 is 4.74 Å². The number of ether oxygens (including phenoxy) is 1. The van der Waals surface area contributed by atoms with Gasteiger partial charge in [0.05, 0.1) is 13.2 Å². The van der Waals surface area contributed by atoms with E-state index in [4.69, 9.17) is 12.6 Å². The van der Waals surface area contributed by atoms with Gasteiger partial charge in [-0.05, 0) is 31.5 Å². The molecule has 3 nitrogen and oxygen atoms in total. The fourth-order valence-corrected chi connectivity index (χ4v) is 3.27. The zero-order valence-corrected chi connectivity index (χ0v) is 12.1. The number of rotatable bonds is 3. The summed E-state index contributed by atoms with van der Waals surface area (Å²) in [4.78, 5) is 5.17. The number of hydrogen-bond acceptors (Lipinski definition) is 3. The van der Waals surface area contributed by atoms with Gasteiger partial charge >= 0.3 is 0 Å². The van der Waals surface area contributed by atoms with Crippen LogP contribution in [0.1, 0.15) is 18.4 Å². The van der Waals surface area contributed by atoms with Gasteiger partial charge in [0, 0.05) is 25.7 Å². The average Bonchev–Trinajstić information content (AvgIpc) is 2.51. The van der Waals surface area contributed by atoms with Crippen molar-refractivity contribution in [2.75, 3.05) is 39.4 Å². The monoisotopic (exact) mass is 270 g/mol. The predicted molar refractivity (Wildman–Crippen MR) is 82.5 cm³/mol. The molecular weight excluding hydrogens is 247 g/mol. The van der Waals surface area contributed by atoms with E-state index < -0.39 is 0 Å². The molecule has 1 aromatic carbocycles. The smallest absolute Gasteiger partial charge is 0.113 e. The minimum Gasteiger partial charge on any atom is -0.379 e. The molecular formula is C16H23BN2O. The topological polar surface area (TPSA) is 15.7 Å². The van der Waals surface area contributed by atoms with E-state index in [0.717, 1.165) is 44.4 Å². The number of morpholine rings is 1. The van der Waals surface area contributed by atoms with Crippen molar-refractivity contribution in [1.82, 2.24) is 9.80 Å². The highest BCUT2D eigenvalue weighted by molar-refractivity contribution is 6.32. The van der Waals surface area contributed by atoms with Crippen LogP contribution in [0.5, 0.6) is 0 Å². The van der Waals surface area contributed by atoms with Gasteiger partial charge in [-0.15, -0.1) is 0 Å². The number of likely N-dealkylation sites (tertiary alicyclic amines) is 1. The van der Waals surface area contributed by atoms with Crippen molar-refractivity contribution in [3.8, 4) is 0 Å². The molecule has 0 spiro atoms. The van der Waals surface area contributed by atoms with E-state index in [1.807, 2.05) is 12.1 Å². The van der Waals surface area contributed by atoms with Crippen LogP contribution in [0.25, 0.3) is 0 Å². The van der Waals surface area contributed by atoms with Gasteiger partial charge in [-0.3, -0.25) is 9.80 Å². The third-order valence-electron chi connectivity index (χ3n) is 4.51. The molecule has 0 bridgehead atoms. The van der Waals surface area contributed by atoms with Crippen LogP contribution in [0.3, 0.4) is 0 Å². The quantitative estimate of drug-likeness (QED) is 0.755. The molecule has 106 valence electrons. The molecule has 0 unspecified atom stereocenters. The zero-order chi connectivity index (χ0) is 13.8. The lowest BCUT2D eigenvalue weighted by atomic mass is 9.95. The number of nitrogens with zero attached hydrogens (tertiary/aromatic N) is 2. The van der Waals surface area contributed by atoms with E-state index in [1.54, 1.807) is 0 Å². The Hall–Kier alpha value is -0.835. The lowest BCUT2D eigenvalue weighted by Gasteiger charge is -2.40. The molecule has 3 rings (SSSR count). The van der Waals surface area contributed by atoms with Gasteiger partial charge in [-0.25, -0.2) is 0 Å². The SMILES string of the molecule is [B]c1ccc(CN2CCC(N3CCOCC3)CC2)cc1. The number of benzene rings is 1. The largest absolute Gasteiger partial charge is 0.379 e. The Morgan fingerprint density at radius 2 is 1.65 bits per heavy atom. The maximum Gasteiger partial charge on any atom is 0.113 e. The first kappa shape index (κ1) is 14.1. The molecule has 20 heavy (non-hydrogen) atoms. The maximum atomic E-state index is 5.73. The average molecular weight is 270 g/mol. The first-order valence-corrected chi connectivity index (χ1v) is 7.70. The van der Waals surface area contributed by atoms with Crippen LogP contribution in [0, 0.1) is 0 Å². The van der Waals surface area contributed by atoms with Crippen LogP contribution in [0.4, 0.5) is 0 Å². The summed E-state index contributed by atoms with van der Waals surface area (Å²) in [6.45, 7) is 7.50. The van der Waals surface area contributed by atoms with Crippen molar-refractivity contribution in [2.24, 2.45) is 0 Å². The Morgan fingerprint density at radius 3 is 2.30 bits per heavy atom. The van der Waals surface area contributed by atoms with Crippen molar-refractivity contribution in [1.29, 1.82) is 0 Å². The molecule has 2 saturated heterocycles. The van der Waals surface area contributed by atoms with E-state index >= 15 is 0 Å². The zero-order valence-electron chi connectivity index (χ0n) is 12.1. The molecule has 0 N–H and O–H groups in total. The molecule has 0 amide bonds. The summed E-state index contributed by atoms with van der Waals surface area (Å²) in [6.07, 6.45) is 2.57. The normalized spacial score (nSPS) is 23.0. The molecule has 1 aromatic rings. The van der Waals surface area contributed by atoms with Crippen LogP contribution in [-0.2, 0) is 11.3 Å². The minimum atomic E-state index is 0.765. The van der Waals surface area contributed by atoms with Crippen molar-refractivity contribution >= 4 is 13.3 Å². The summed E-state index contributed by atoms with van der Waals surface area (Å²) in [5.41, 5.74) is 2.21. The highest BCUT2D eigenvalue weighted by Crippen LogP contribution is 2.19. The second-order valence-corrected chi connectivity index (χ2v) is 5.90. The summed E-state index contributed by atoms with van der Waals surface area (Å²) >= 11 is 0. The van der Waals surface area contributed by atoms with Crippen LogP contribution in [-0.4, -0.2) is 63.1 Å². The number of piperidine rings is 1. The van der Waals surface area contributed by atoms with E-state index in [9.17, 15) is 0 Å². The molecule has 2 radical (unpaired) electrons. The Balaban J connectivity index is 1.47. The molecule has 4 heteroatoms. The molecule has 2 heterocycles. The van der Waals surface area contributed by atoms with Gasteiger partial charge in [-0.2, -0.15) is 0 Å². The Labute approximate surface area is 123 Å². The summed E-state index contributed by atoms with van der Waals surface area (Å²) in [5, 5.41) is 0. The van der Waals surface area contributed by atoms with Gasteiger partial charge in [0.1, 0.15) is 7.85 Å². The minimum absolute atomic E-state index is 0.765. The summed E-state index contributed by atoms with van der Waals surface area (Å²) in [7, 11) is 5.73. The fourth-order valence-electron chi connectivity index (χ4n) is 3.27. The van der Waals surface area contributed by atoms with E-state index in [1.165, 1.54) is 31.5 Å². The molecule has 2 fully saturated rings. The van der Waals surface area contributed by atoms with E-state index in [-0.39, 0.29) is 0 Å². The summed E-state index contributed by atoms with van der Waals surface area (Å²) < 4.78 is 5.44. The van der Waals surface area contributed by atoms with Gasteiger partial charge in [0.15, 0.2) is 0 Å². The van der Waals surface area contributed by atoms with E-state index in [0.29, 0.717) is 0 Å². The second kappa shape index (κ2) is 6.75. The Kier molecular flexibility index (Phi) is 4.76. The van der Waals surface area contributed by atoms with Crippen LogP contribution < -0.4 is 5.46 Å². The molecule has 2 aliphatic heterocycles. The summed E-state index contributed by atoms with van der Waals surface area (Å²) in [6, 6.07) is 9.04. The molecule has 2 aliphatic rings. The van der Waals surface area contributed by atoms with E-state index in [2.05, 4.69) is 21.9 Å². The number of hydrogen-bond donors (Lipinski definition) is 0. The second-order valence-electron chi connectivity index (χ2n) is 5.90. The third-order valence-corrected chi connectivity index (χ3v) is 4.51. The lowest BCUT2D eigenvalue weighted by molar-refractivity contribution is 0.000231. The maximum absolute atomic E-state index is 5.73. The standard InChI is InChI=1S/C16H23BN2O/c17-15-3-1-14(2-4-15)13-18-7-5-16(6-8-18)19-9-11-20-12-10-19/h1-4,16H,5-13H2. The molecule has 0 saturated carbocycles. The van der Waals surface area contributed by atoms with Crippen molar-refractivity contribution in [3.05, 3.63) is 29.8 Å². The molecule has 0 aliphatic carbocycles. The predicted octanol–water partition coefficient (Wildman–Crippen LogP) is 0.777. The van der Waals surface area contributed by atoms with Crippen LogP contribution >= 0.6 is 0 Å². The first-order valence-electron chi connectivity index (χ1n) is 7.70. The van der Waals surface area contributed by atoms with Gasteiger partial charge in [0.2, 0.25) is 0 Å². The van der Waals surface area contributed by atoms with Crippen molar-refractivity contribution in [3.63, 3.8) is 0 Å². The van der Waals surface area contributed by atoms with Crippen molar-refractivity contribution in [2.45, 2.75) is 25.4 Å². The molecule has 0 aromatic heterocycles. The Morgan fingerprint density at radius 1 is 1.00 bits per heavy atom. The summed E-state index contributed by atoms with van der Waals surface area (Å²) in [5.74, 6) is 0. The van der Waals surface area contributed by atoms with Crippen LogP contribution in [0.2, 0.25) is 0 Å². The molecule has 0 atom stereocenters. The third kappa shape index (κ3) is 3.63. The fraction of sp³-hybridized carbons (Fsp3) is 0.625. The van der Waals surface area contributed by atoms with Crippen molar-refractivity contribution < 1.29 is 4.74 Å². The highest BCUT2D eigenvalue weighted by atomic mass is 16.5. The van der Waals surface area contributed by atoms with Gasteiger partial charge in [-0.1, -0.05) is 29.7 Å². The lowest BCUT2D eigenvalue weighted by Crippen LogP contribution is -2.48.